The van der Waals surface area contributed by atoms with Crippen LogP contribution >= 0.6 is 0 Å². The van der Waals surface area contributed by atoms with E-state index in [4.69, 9.17) is 11.6 Å². The minimum atomic E-state index is -2.14. The largest absolute Gasteiger partial charge is 0.501 e. The number of benzene rings is 3. The molecule has 0 atom stereocenters. The zero-order valence-corrected chi connectivity index (χ0v) is 23.8. The topological polar surface area (TPSA) is 35.0 Å². The van der Waals surface area contributed by atoms with Crippen molar-refractivity contribution in [1.29, 1.82) is 0 Å². The quantitative estimate of drug-likeness (QED) is 0.172. The van der Waals surface area contributed by atoms with E-state index in [1.165, 1.54) is 12.3 Å². The molecular weight excluding hydrogens is 645 g/mol. The van der Waals surface area contributed by atoms with Gasteiger partial charge in [-0.25, -0.2) is 0 Å². The van der Waals surface area contributed by atoms with Crippen molar-refractivity contribution in [2.45, 2.75) is 34.0 Å². The van der Waals surface area contributed by atoms with Crippen LogP contribution in [0, 0.1) is 24.4 Å². The Bertz CT molecular complexity index is 1630. The molecule has 2 aromatic heterocycles. The minimum absolute atomic E-state index is 0. The third kappa shape index (κ3) is 6.45. The Morgan fingerprint density at radius 3 is 2.42 bits per heavy atom. The molecule has 4 heteroatoms. The number of pyridine rings is 2. The predicted molar refractivity (Wildman–Crippen MR) is 150 cm³/mol. The van der Waals surface area contributed by atoms with Crippen LogP contribution < -0.4 is 4.74 Å². The minimum Gasteiger partial charge on any atom is -0.501 e. The molecule has 0 aliphatic carbocycles. The number of aromatic nitrogens is 2. The van der Waals surface area contributed by atoms with Gasteiger partial charge in [0.2, 0.25) is 0 Å². The summed E-state index contributed by atoms with van der Waals surface area (Å²) in [6, 6.07) is 32.1. The Labute approximate surface area is 246 Å². The summed E-state index contributed by atoms with van der Waals surface area (Å²) in [5, 5.41) is 0. The van der Waals surface area contributed by atoms with E-state index in [2.05, 4.69) is 34.2 Å². The van der Waals surface area contributed by atoms with Crippen LogP contribution in [0.3, 0.4) is 0 Å². The molecule has 0 spiro atoms. The smallest absolute Gasteiger partial charge is 0.121 e. The molecule has 0 unspecified atom stereocenters. The number of para-hydroxylation sites is 1. The van der Waals surface area contributed by atoms with E-state index in [9.17, 15) is 0 Å². The SMILES string of the molecule is [2H]C([2H])([2H])c1c[c-]c(-c2ccc(C([2H])([2H])C(C)(C)C)cn2)cc1.[Ir].[c-]1cccc2c1-c1ncccc1-c1ccccc1O2. The Kier molecular flexibility index (Phi) is 6.66. The van der Waals surface area contributed by atoms with Gasteiger partial charge in [-0.15, -0.1) is 59.7 Å². The first kappa shape index (κ1) is 21.4. The number of aryl methyl sites for hydroxylation is 1. The molecule has 0 saturated heterocycles. The normalized spacial score (nSPS) is 13.9. The third-order valence-corrected chi connectivity index (χ3v) is 5.63. The summed E-state index contributed by atoms with van der Waals surface area (Å²) >= 11 is 0. The van der Waals surface area contributed by atoms with Crippen molar-refractivity contribution in [2.75, 3.05) is 0 Å². The van der Waals surface area contributed by atoms with Gasteiger partial charge in [0.05, 0.1) is 0 Å². The summed E-state index contributed by atoms with van der Waals surface area (Å²) < 4.78 is 44.6. The number of ether oxygens (including phenoxy) is 1. The van der Waals surface area contributed by atoms with Crippen molar-refractivity contribution in [3.05, 3.63) is 121 Å². The van der Waals surface area contributed by atoms with Crippen LogP contribution in [0.25, 0.3) is 33.6 Å². The summed E-state index contributed by atoms with van der Waals surface area (Å²) in [5.41, 5.74) is 5.52. The molecule has 1 radical (unpaired) electrons. The second-order valence-electron chi connectivity index (χ2n) is 9.71. The Hall–Kier alpha value is -3.59. The molecule has 3 heterocycles. The molecule has 1 aliphatic rings. The molecule has 193 valence electrons. The van der Waals surface area contributed by atoms with E-state index in [0.29, 0.717) is 16.8 Å². The monoisotopic (exact) mass is 680 g/mol. The van der Waals surface area contributed by atoms with E-state index >= 15 is 0 Å². The fourth-order valence-electron chi connectivity index (χ4n) is 4.05. The van der Waals surface area contributed by atoms with Gasteiger partial charge in [0.1, 0.15) is 5.75 Å². The second-order valence-corrected chi connectivity index (χ2v) is 9.71. The summed E-state index contributed by atoms with van der Waals surface area (Å²) in [6.07, 6.45) is 1.84. The van der Waals surface area contributed by atoms with Crippen LogP contribution in [-0.2, 0) is 26.5 Å². The molecule has 0 fully saturated rings. The van der Waals surface area contributed by atoms with Crippen LogP contribution in [0.15, 0.2) is 97.3 Å². The molecule has 3 aromatic carbocycles. The molecule has 3 nitrogen and oxygen atoms in total. The van der Waals surface area contributed by atoms with Crippen molar-refractivity contribution >= 4 is 0 Å². The van der Waals surface area contributed by atoms with Gasteiger partial charge in [-0.05, 0) is 46.4 Å². The first-order valence-electron chi connectivity index (χ1n) is 14.6. The molecule has 1 aliphatic heterocycles. The molecule has 6 rings (SSSR count). The fraction of sp³-hybridized carbons (Fsp3) is 0.176. The van der Waals surface area contributed by atoms with E-state index in [1.54, 1.807) is 30.5 Å². The van der Waals surface area contributed by atoms with Gasteiger partial charge in [-0.1, -0.05) is 69.6 Å². The standard InChI is InChI=1S/C17H10NO.C17H20N.Ir/c1-3-9-15-12(6-1)13-8-5-11-18-17(13)14-7-2-4-10-16(14)19-15;1-13-5-8-15(9-6-13)16-10-7-14(12-18-16)11-17(2,3)4;/h1-6,8-11H;5-8,10,12H,11H2,1-4H3;/q2*-1;/i;1D3,11D2;. The van der Waals surface area contributed by atoms with Crippen LogP contribution in [0.5, 0.6) is 11.5 Å². The van der Waals surface area contributed by atoms with Gasteiger partial charge >= 0.3 is 0 Å². The van der Waals surface area contributed by atoms with Gasteiger partial charge in [0, 0.05) is 50.7 Å². The summed E-state index contributed by atoms with van der Waals surface area (Å²) in [5.74, 6) is 1.66. The Balaban J connectivity index is 0.000000195. The van der Waals surface area contributed by atoms with Crippen LogP contribution in [0.1, 0.15) is 38.8 Å². The number of hydrogen-bond donors (Lipinski definition) is 0. The molecule has 5 aromatic rings. The predicted octanol–water partition coefficient (Wildman–Crippen LogP) is 8.76. The van der Waals surface area contributed by atoms with Gasteiger partial charge < -0.3 is 14.7 Å². The molecule has 0 bridgehead atoms. The maximum absolute atomic E-state index is 8.25. The molecule has 0 N–H and O–H groups in total. The van der Waals surface area contributed by atoms with Gasteiger partial charge in [-0.2, -0.15) is 0 Å². The maximum Gasteiger partial charge on any atom is 0.121 e. The van der Waals surface area contributed by atoms with Gasteiger partial charge in [0.25, 0.3) is 0 Å². The zero-order valence-electron chi connectivity index (χ0n) is 26.4. The van der Waals surface area contributed by atoms with E-state index in [-0.39, 0.29) is 25.7 Å². The summed E-state index contributed by atoms with van der Waals surface area (Å²) in [6.45, 7) is 3.40. The molecular formula is C34H30IrN2O-2. The summed E-state index contributed by atoms with van der Waals surface area (Å²) in [4.78, 5) is 8.82. The Morgan fingerprint density at radius 1 is 0.868 bits per heavy atom. The van der Waals surface area contributed by atoms with Crippen LogP contribution in [0.4, 0.5) is 0 Å². The number of fused-ring (bicyclic) bond motifs is 5. The van der Waals surface area contributed by atoms with Crippen LogP contribution in [-0.4, -0.2) is 9.97 Å². The molecule has 0 amide bonds. The first-order valence-corrected chi connectivity index (χ1v) is 12.1. The number of rotatable bonds is 2. The second kappa shape index (κ2) is 11.9. The average Bonchev–Trinajstić information content (AvgIpc) is 3.11. The van der Waals surface area contributed by atoms with Crippen molar-refractivity contribution in [3.63, 3.8) is 0 Å². The molecule has 38 heavy (non-hydrogen) atoms. The van der Waals surface area contributed by atoms with Crippen molar-refractivity contribution in [2.24, 2.45) is 5.41 Å². The van der Waals surface area contributed by atoms with Crippen LogP contribution in [0.2, 0.25) is 0 Å². The van der Waals surface area contributed by atoms with E-state index in [0.717, 1.165) is 33.9 Å². The first-order chi connectivity index (χ1) is 19.9. The Morgan fingerprint density at radius 2 is 1.68 bits per heavy atom. The zero-order chi connectivity index (χ0) is 30.1. The van der Waals surface area contributed by atoms with Gasteiger partial charge in [0.15, 0.2) is 0 Å². The van der Waals surface area contributed by atoms with E-state index < -0.39 is 18.6 Å². The van der Waals surface area contributed by atoms with Crippen molar-refractivity contribution < 1.29 is 31.7 Å². The van der Waals surface area contributed by atoms with Crippen molar-refractivity contribution in [1.82, 2.24) is 9.97 Å². The molecule has 0 saturated carbocycles. The van der Waals surface area contributed by atoms with E-state index in [1.807, 2.05) is 63.2 Å². The summed E-state index contributed by atoms with van der Waals surface area (Å²) in [7, 11) is 0. The average molecular weight is 680 g/mol. The van der Waals surface area contributed by atoms with Gasteiger partial charge in [-0.3, -0.25) is 0 Å². The number of hydrogen-bond acceptors (Lipinski definition) is 3. The van der Waals surface area contributed by atoms with Crippen molar-refractivity contribution in [3.8, 4) is 45.1 Å². The fourth-order valence-corrected chi connectivity index (χ4v) is 4.05. The third-order valence-electron chi connectivity index (χ3n) is 5.63. The maximum atomic E-state index is 8.25. The number of nitrogens with zero attached hydrogens (tertiary/aromatic N) is 2.